The van der Waals surface area contributed by atoms with Crippen molar-refractivity contribution in [2.45, 2.75) is 6.54 Å². The fourth-order valence-corrected chi connectivity index (χ4v) is 2.50. The molecular formula is C15H12BrN3O. The zero-order valence-electron chi connectivity index (χ0n) is 10.6. The van der Waals surface area contributed by atoms with Crippen molar-refractivity contribution in [3.05, 3.63) is 58.8 Å². The molecular weight excluding hydrogens is 318 g/mol. The summed E-state index contributed by atoms with van der Waals surface area (Å²) in [7, 11) is 0. The number of hydrogen-bond donors (Lipinski definition) is 1. The van der Waals surface area contributed by atoms with Crippen molar-refractivity contribution in [2.24, 2.45) is 5.73 Å². The standard InChI is InChI=1S/C15H12BrN3O/c16-14-12-4-2-1-3-10(12)5-6-13(14)20-15-18-8-7-11(9-17)19-15/h1-8H,9,17H2. The summed E-state index contributed by atoms with van der Waals surface area (Å²) < 4.78 is 6.62. The lowest BCUT2D eigenvalue weighted by molar-refractivity contribution is 0.437. The lowest BCUT2D eigenvalue weighted by Gasteiger charge is -2.09. The van der Waals surface area contributed by atoms with Gasteiger partial charge < -0.3 is 10.5 Å². The van der Waals surface area contributed by atoms with Gasteiger partial charge in [-0.1, -0.05) is 30.3 Å². The fourth-order valence-electron chi connectivity index (χ4n) is 1.93. The van der Waals surface area contributed by atoms with Gasteiger partial charge in [-0.25, -0.2) is 4.98 Å². The molecule has 4 nitrogen and oxygen atoms in total. The Bertz CT molecular complexity index is 761. The lowest BCUT2D eigenvalue weighted by atomic mass is 10.1. The molecule has 0 unspecified atom stereocenters. The highest BCUT2D eigenvalue weighted by atomic mass is 79.9. The first kappa shape index (κ1) is 13.0. The van der Waals surface area contributed by atoms with Crippen LogP contribution in [0, 0.1) is 0 Å². The van der Waals surface area contributed by atoms with E-state index in [0.717, 1.165) is 20.9 Å². The number of rotatable bonds is 3. The molecule has 5 heteroatoms. The van der Waals surface area contributed by atoms with Crippen LogP contribution in [0.2, 0.25) is 0 Å². The van der Waals surface area contributed by atoms with Crippen molar-refractivity contribution >= 4 is 26.7 Å². The van der Waals surface area contributed by atoms with Gasteiger partial charge in [0.2, 0.25) is 0 Å². The van der Waals surface area contributed by atoms with Gasteiger partial charge in [-0.05, 0) is 38.8 Å². The molecule has 2 N–H and O–H groups in total. The Morgan fingerprint density at radius 3 is 2.80 bits per heavy atom. The second-order valence-corrected chi connectivity index (χ2v) is 5.03. The zero-order valence-corrected chi connectivity index (χ0v) is 12.2. The molecule has 2 aromatic carbocycles. The molecule has 1 heterocycles. The van der Waals surface area contributed by atoms with Crippen molar-refractivity contribution in [1.82, 2.24) is 9.97 Å². The van der Waals surface area contributed by atoms with Gasteiger partial charge in [0, 0.05) is 12.7 Å². The Kier molecular flexibility index (Phi) is 3.62. The molecule has 100 valence electrons. The number of ether oxygens (including phenoxy) is 1. The van der Waals surface area contributed by atoms with Crippen LogP contribution in [0.1, 0.15) is 5.69 Å². The number of aromatic nitrogens is 2. The zero-order chi connectivity index (χ0) is 13.9. The first-order valence-electron chi connectivity index (χ1n) is 6.15. The Morgan fingerprint density at radius 1 is 1.10 bits per heavy atom. The van der Waals surface area contributed by atoms with Gasteiger partial charge in [-0.3, -0.25) is 0 Å². The normalized spacial score (nSPS) is 10.7. The van der Waals surface area contributed by atoms with Gasteiger partial charge in [0.05, 0.1) is 10.2 Å². The molecule has 0 aliphatic carbocycles. The number of hydrogen-bond acceptors (Lipinski definition) is 4. The molecule has 0 aliphatic rings. The van der Waals surface area contributed by atoms with Crippen LogP contribution in [-0.4, -0.2) is 9.97 Å². The number of fused-ring (bicyclic) bond motifs is 1. The Labute approximate surface area is 124 Å². The Hall–Kier alpha value is -1.98. The third kappa shape index (κ3) is 2.50. The maximum absolute atomic E-state index is 5.74. The lowest BCUT2D eigenvalue weighted by Crippen LogP contribution is -2.01. The minimum Gasteiger partial charge on any atom is -0.423 e. The SMILES string of the molecule is NCc1ccnc(Oc2ccc3ccccc3c2Br)n1. The molecule has 3 rings (SSSR count). The van der Waals surface area contributed by atoms with Crippen LogP contribution in [0.25, 0.3) is 10.8 Å². The Morgan fingerprint density at radius 2 is 1.95 bits per heavy atom. The van der Waals surface area contributed by atoms with Crippen LogP contribution in [0.15, 0.2) is 53.1 Å². The molecule has 1 aromatic heterocycles. The second-order valence-electron chi connectivity index (χ2n) is 4.24. The third-order valence-electron chi connectivity index (χ3n) is 2.93. The summed E-state index contributed by atoms with van der Waals surface area (Å²) >= 11 is 3.57. The highest BCUT2D eigenvalue weighted by Crippen LogP contribution is 2.34. The monoisotopic (exact) mass is 329 g/mol. The molecule has 0 fully saturated rings. The van der Waals surface area contributed by atoms with E-state index in [1.807, 2.05) is 30.3 Å². The van der Waals surface area contributed by atoms with Gasteiger partial charge in [0.15, 0.2) is 0 Å². The van der Waals surface area contributed by atoms with E-state index in [1.54, 1.807) is 12.3 Å². The third-order valence-corrected chi connectivity index (χ3v) is 3.75. The van der Waals surface area contributed by atoms with Crippen molar-refractivity contribution < 1.29 is 4.74 Å². The molecule has 0 spiro atoms. The van der Waals surface area contributed by atoms with E-state index in [-0.39, 0.29) is 0 Å². The van der Waals surface area contributed by atoms with Crippen LogP contribution in [0.3, 0.4) is 0 Å². The van der Waals surface area contributed by atoms with Crippen LogP contribution >= 0.6 is 15.9 Å². The second kappa shape index (κ2) is 5.56. The average molecular weight is 330 g/mol. The molecule has 0 amide bonds. The topological polar surface area (TPSA) is 61.0 Å². The van der Waals surface area contributed by atoms with E-state index in [4.69, 9.17) is 10.5 Å². The molecule has 0 atom stereocenters. The number of nitrogens with two attached hydrogens (primary N) is 1. The fraction of sp³-hybridized carbons (Fsp3) is 0.0667. The molecule has 0 radical (unpaired) electrons. The predicted molar refractivity (Wildman–Crippen MR) is 81.6 cm³/mol. The Balaban J connectivity index is 2.00. The van der Waals surface area contributed by atoms with Gasteiger partial charge in [0.1, 0.15) is 5.75 Å². The summed E-state index contributed by atoms with van der Waals surface area (Å²) in [4.78, 5) is 8.32. The minimum absolute atomic E-state index is 0.295. The quantitative estimate of drug-likeness (QED) is 0.796. The summed E-state index contributed by atoms with van der Waals surface area (Å²) in [6.07, 6.45) is 1.64. The predicted octanol–water partition coefficient (Wildman–Crippen LogP) is 3.64. The summed E-state index contributed by atoms with van der Waals surface area (Å²) in [5.41, 5.74) is 6.30. The molecule has 0 aliphatic heterocycles. The number of nitrogens with zero attached hydrogens (tertiary/aromatic N) is 2. The van der Waals surface area contributed by atoms with Crippen LogP contribution in [0.4, 0.5) is 0 Å². The first-order chi connectivity index (χ1) is 9.78. The maximum atomic E-state index is 5.74. The molecule has 0 bridgehead atoms. The smallest absolute Gasteiger partial charge is 0.322 e. The number of benzene rings is 2. The van der Waals surface area contributed by atoms with E-state index in [1.165, 1.54) is 0 Å². The minimum atomic E-state index is 0.295. The largest absolute Gasteiger partial charge is 0.423 e. The summed E-state index contributed by atoms with van der Waals surface area (Å²) in [6.45, 7) is 0.359. The first-order valence-corrected chi connectivity index (χ1v) is 6.94. The van der Waals surface area contributed by atoms with E-state index in [2.05, 4.69) is 32.0 Å². The highest BCUT2D eigenvalue weighted by molar-refractivity contribution is 9.10. The van der Waals surface area contributed by atoms with Gasteiger partial charge in [0.25, 0.3) is 0 Å². The summed E-state index contributed by atoms with van der Waals surface area (Å²) in [5, 5.41) is 2.23. The van der Waals surface area contributed by atoms with Gasteiger partial charge in [-0.2, -0.15) is 4.98 Å². The average Bonchev–Trinajstić information content (AvgIpc) is 2.50. The molecule has 3 aromatic rings. The molecule has 20 heavy (non-hydrogen) atoms. The van der Waals surface area contributed by atoms with Crippen LogP contribution < -0.4 is 10.5 Å². The van der Waals surface area contributed by atoms with E-state index < -0.39 is 0 Å². The highest BCUT2D eigenvalue weighted by Gasteiger charge is 2.08. The van der Waals surface area contributed by atoms with Gasteiger partial charge >= 0.3 is 6.01 Å². The van der Waals surface area contributed by atoms with Crippen LogP contribution in [0.5, 0.6) is 11.8 Å². The number of halogens is 1. The van der Waals surface area contributed by atoms with Crippen molar-refractivity contribution in [1.29, 1.82) is 0 Å². The molecule has 0 saturated heterocycles. The van der Waals surface area contributed by atoms with E-state index >= 15 is 0 Å². The molecule has 0 saturated carbocycles. The van der Waals surface area contributed by atoms with Gasteiger partial charge in [-0.15, -0.1) is 0 Å². The summed E-state index contributed by atoms with van der Waals surface area (Å²) in [6, 6.07) is 14.0. The van der Waals surface area contributed by atoms with Crippen molar-refractivity contribution in [3.8, 4) is 11.8 Å². The van der Waals surface area contributed by atoms with Crippen LogP contribution in [-0.2, 0) is 6.54 Å². The van der Waals surface area contributed by atoms with E-state index in [0.29, 0.717) is 18.3 Å². The maximum Gasteiger partial charge on any atom is 0.322 e. The van der Waals surface area contributed by atoms with Crippen molar-refractivity contribution in [3.63, 3.8) is 0 Å². The summed E-state index contributed by atoms with van der Waals surface area (Å²) in [5.74, 6) is 0.679. The van der Waals surface area contributed by atoms with Crippen molar-refractivity contribution in [2.75, 3.05) is 0 Å². The van der Waals surface area contributed by atoms with E-state index in [9.17, 15) is 0 Å².